The van der Waals surface area contributed by atoms with Gasteiger partial charge >= 0.3 is 5.97 Å². The van der Waals surface area contributed by atoms with E-state index in [0.717, 1.165) is 16.6 Å². The first kappa shape index (κ1) is 11.4. The molecule has 0 aliphatic carbocycles. The standard InChI is InChI=1S/C12H7BrN2O2S/c13-11-9-2-1-7(12(16)17)5-10(9)15(14-11)8-3-4-18-6-8/h1-6H,(H,16,17). The summed E-state index contributed by atoms with van der Waals surface area (Å²) in [6.07, 6.45) is 0. The molecule has 0 amide bonds. The smallest absolute Gasteiger partial charge is 0.335 e. The number of benzene rings is 1. The Balaban J connectivity index is 2.32. The Bertz CT molecular complexity index is 734. The SMILES string of the molecule is O=C(O)c1ccc2c(Br)nn(-c3ccsc3)c2c1. The van der Waals surface area contributed by atoms with Crippen LogP contribution in [0.2, 0.25) is 0 Å². The summed E-state index contributed by atoms with van der Waals surface area (Å²) in [6, 6.07) is 6.91. The van der Waals surface area contributed by atoms with Crippen LogP contribution in [0.1, 0.15) is 10.4 Å². The lowest BCUT2D eigenvalue weighted by Gasteiger charge is -2.00. The van der Waals surface area contributed by atoms with Crippen LogP contribution in [0.3, 0.4) is 0 Å². The molecular weight excluding hydrogens is 316 g/mol. The Labute approximate surface area is 115 Å². The lowest BCUT2D eigenvalue weighted by atomic mass is 10.1. The van der Waals surface area contributed by atoms with Crippen molar-refractivity contribution < 1.29 is 9.90 Å². The number of aromatic carboxylic acids is 1. The number of hydrogen-bond acceptors (Lipinski definition) is 3. The van der Waals surface area contributed by atoms with Gasteiger partial charge < -0.3 is 5.11 Å². The van der Waals surface area contributed by atoms with Gasteiger partial charge in [0, 0.05) is 10.8 Å². The van der Waals surface area contributed by atoms with Gasteiger partial charge in [-0.3, -0.25) is 0 Å². The minimum absolute atomic E-state index is 0.256. The summed E-state index contributed by atoms with van der Waals surface area (Å²) in [5, 5.41) is 18.2. The quantitative estimate of drug-likeness (QED) is 0.785. The van der Waals surface area contributed by atoms with E-state index >= 15 is 0 Å². The average Bonchev–Trinajstić information content (AvgIpc) is 2.97. The third-order valence-electron chi connectivity index (χ3n) is 2.63. The zero-order valence-corrected chi connectivity index (χ0v) is 11.4. The van der Waals surface area contributed by atoms with E-state index in [2.05, 4.69) is 21.0 Å². The van der Waals surface area contributed by atoms with E-state index in [1.165, 1.54) is 0 Å². The summed E-state index contributed by atoms with van der Waals surface area (Å²) < 4.78 is 2.45. The lowest BCUT2D eigenvalue weighted by Crippen LogP contribution is -1.98. The van der Waals surface area contributed by atoms with Gasteiger partial charge in [0.1, 0.15) is 4.60 Å². The van der Waals surface area contributed by atoms with E-state index in [1.807, 2.05) is 16.8 Å². The third-order valence-corrected chi connectivity index (χ3v) is 3.89. The third kappa shape index (κ3) is 1.74. The van der Waals surface area contributed by atoms with E-state index in [-0.39, 0.29) is 5.56 Å². The molecule has 1 N–H and O–H groups in total. The van der Waals surface area contributed by atoms with Crippen LogP contribution in [0.4, 0.5) is 0 Å². The number of hydrogen-bond donors (Lipinski definition) is 1. The predicted molar refractivity (Wildman–Crippen MR) is 73.6 cm³/mol. The van der Waals surface area contributed by atoms with Crippen LogP contribution in [-0.4, -0.2) is 20.9 Å². The van der Waals surface area contributed by atoms with Gasteiger partial charge in [-0.15, -0.1) is 0 Å². The first-order chi connectivity index (χ1) is 8.66. The maximum atomic E-state index is 11.0. The van der Waals surface area contributed by atoms with Gasteiger partial charge in [0.05, 0.1) is 16.8 Å². The first-order valence-corrected chi connectivity index (χ1v) is 6.84. The van der Waals surface area contributed by atoms with Gasteiger partial charge in [-0.2, -0.15) is 16.4 Å². The van der Waals surface area contributed by atoms with Crippen molar-refractivity contribution >= 4 is 44.1 Å². The lowest BCUT2D eigenvalue weighted by molar-refractivity contribution is 0.0697. The second kappa shape index (κ2) is 4.22. The minimum Gasteiger partial charge on any atom is -0.478 e. The molecule has 3 aromatic rings. The molecule has 0 unspecified atom stereocenters. The van der Waals surface area contributed by atoms with Crippen molar-refractivity contribution in [2.75, 3.05) is 0 Å². The number of halogens is 1. The Hall–Kier alpha value is -1.66. The maximum Gasteiger partial charge on any atom is 0.335 e. The number of carbonyl (C=O) groups is 1. The molecule has 0 saturated carbocycles. The number of nitrogens with zero attached hydrogens (tertiary/aromatic N) is 2. The number of carboxylic acids is 1. The number of fused-ring (bicyclic) bond motifs is 1. The topological polar surface area (TPSA) is 55.1 Å². The average molecular weight is 323 g/mol. The number of thiophene rings is 1. The predicted octanol–water partition coefficient (Wildman–Crippen LogP) is 3.55. The fourth-order valence-corrected chi connectivity index (χ4v) is 2.89. The van der Waals surface area contributed by atoms with Crippen LogP contribution < -0.4 is 0 Å². The summed E-state index contributed by atoms with van der Waals surface area (Å²) in [6.45, 7) is 0. The molecule has 18 heavy (non-hydrogen) atoms. The van der Waals surface area contributed by atoms with Crippen molar-refractivity contribution in [3.05, 3.63) is 45.2 Å². The van der Waals surface area contributed by atoms with Gasteiger partial charge in [0.15, 0.2) is 0 Å². The molecule has 2 aromatic heterocycles. The number of aromatic nitrogens is 2. The molecular formula is C12H7BrN2O2S. The molecule has 0 spiro atoms. The number of carboxylic acid groups (broad SMARTS) is 1. The van der Waals surface area contributed by atoms with Crippen LogP contribution in [0.15, 0.2) is 39.6 Å². The molecule has 0 saturated heterocycles. The van der Waals surface area contributed by atoms with Gasteiger partial charge in [0.25, 0.3) is 0 Å². The van der Waals surface area contributed by atoms with Crippen LogP contribution in [-0.2, 0) is 0 Å². The fraction of sp³-hybridized carbons (Fsp3) is 0. The highest BCUT2D eigenvalue weighted by Gasteiger charge is 2.13. The minimum atomic E-state index is -0.939. The van der Waals surface area contributed by atoms with Crippen LogP contribution >= 0.6 is 27.3 Å². The van der Waals surface area contributed by atoms with Gasteiger partial charge in [0.2, 0.25) is 0 Å². The molecule has 1 aromatic carbocycles. The first-order valence-electron chi connectivity index (χ1n) is 5.11. The highest BCUT2D eigenvalue weighted by atomic mass is 79.9. The number of rotatable bonds is 2. The van der Waals surface area contributed by atoms with E-state index in [0.29, 0.717) is 4.60 Å². The normalized spacial score (nSPS) is 10.9. The molecule has 90 valence electrons. The second-order valence-corrected chi connectivity index (χ2v) is 5.25. The molecule has 0 radical (unpaired) electrons. The second-order valence-electron chi connectivity index (χ2n) is 3.72. The van der Waals surface area contributed by atoms with Crippen molar-refractivity contribution in [2.24, 2.45) is 0 Å². The summed E-state index contributed by atoms with van der Waals surface area (Å²) in [5.74, 6) is -0.939. The molecule has 2 heterocycles. The van der Waals surface area contributed by atoms with Crippen LogP contribution in [0, 0.1) is 0 Å². The maximum absolute atomic E-state index is 11.0. The summed E-state index contributed by atoms with van der Waals surface area (Å²) >= 11 is 4.96. The summed E-state index contributed by atoms with van der Waals surface area (Å²) in [4.78, 5) is 11.0. The molecule has 0 bridgehead atoms. The molecule has 3 rings (SSSR count). The van der Waals surface area contributed by atoms with Gasteiger partial charge in [-0.1, -0.05) is 0 Å². The van der Waals surface area contributed by atoms with E-state index in [9.17, 15) is 4.79 Å². The Morgan fingerprint density at radius 2 is 2.22 bits per heavy atom. The molecule has 4 nitrogen and oxygen atoms in total. The summed E-state index contributed by atoms with van der Waals surface area (Å²) in [5.41, 5.74) is 1.96. The largest absolute Gasteiger partial charge is 0.478 e. The Morgan fingerprint density at radius 3 is 2.89 bits per heavy atom. The van der Waals surface area contributed by atoms with E-state index in [1.54, 1.807) is 34.2 Å². The molecule has 0 aliphatic rings. The van der Waals surface area contributed by atoms with Crippen LogP contribution in [0.5, 0.6) is 0 Å². The van der Waals surface area contributed by atoms with Crippen molar-refractivity contribution in [3.8, 4) is 5.69 Å². The van der Waals surface area contributed by atoms with Crippen LogP contribution in [0.25, 0.3) is 16.6 Å². The van der Waals surface area contributed by atoms with Gasteiger partial charge in [-0.25, -0.2) is 9.48 Å². The molecule has 6 heteroatoms. The monoisotopic (exact) mass is 322 g/mol. The van der Waals surface area contributed by atoms with Gasteiger partial charge in [-0.05, 0) is 45.6 Å². The van der Waals surface area contributed by atoms with E-state index < -0.39 is 5.97 Å². The fourth-order valence-electron chi connectivity index (χ4n) is 1.78. The molecule has 0 aliphatic heterocycles. The molecule has 0 atom stereocenters. The Kier molecular flexibility index (Phi) is 2.68. The van der Waals surface area contributed by atoms with Crippen molar-refractivity contribution in [1.29, 1.82) is 0 Å². The van der Waals surface area contributed by atoms with E-state index in [4.69, 9.17) is 5.11 Å². The summed E-state index contributed by atoms with van der Waals surface area (Å²) in [7, 11) is 0. The Morgan fingerprint density at radius 1 is 1.39 bits per heavy atom. The van der Waals surface area contributed by atoms with Crippen molar-refractivity contribution in [3.63, 3.8) is 0 Å². The zero-order valence-electron chi connectivity index (χ0n) is 9.00. The highest BCUT2D eigenvalue weighted by molar-refractivity contribution is 9.10. The molecule has 0 fully saturated rings. The van der Waals surface area contributed by atoms with Crippen molar-refractivity contribution in [1.82, 2.24) is 9.78 Å². The highest BCUT2D eigenvalue weighted by Crippen LogP contribution is 2.27. The van der Waals surface area contributed by atoms with Crippen molar-refractivity contribution in [2.45, 2.75) is 0 Å². The zero-order chi connectivity index (χ0) is 12.7.